The van der Waals surface area contributed by atoms with E-state index in [0.29, 0.717) is 6.61 Å². The molecule has 1 atom stereocenters. The van der Waals surface area contributed by atoms with E-state index in [1.165, 1.54) is 29.8 Å². The molecule has 0 radical (unpaired) electrons. The van der Waals surface area contributed by atoms with Crippen molar-refractivity contribution in [2.75, 3.05) is 11.9 Å². The van der Waals surface area contributed by atoms with Gasteiger partial charge in [0.05, 0.1) is 5.69 Å². The number of hydrogen-bond acceptors (Lipinski definition) is 4. The lowest BCUT2D eigenvalue weighted by Gasteiger charge is -2.07. The molecule has 1 N–H and O–H groups in total. The Kier molecular flexibility index (Phi) is 3.61. The SMILES string of the molecule is O=C(Nc1nc2c(s1)CCCCC2)[C@@H]1CCCO1. The monoisotopic (exact) mass is 266 g/mol. The summed E-state index contributed by atoms with van der Waals surface area (Å²) in [4.78, 5) is 17.8. The summed E-state index contributed by atoms with van der Waals surface area (Å²) in [5.41, 5.74) is 1.19. The van der Waals surface area contributed by atoms with Crippen LogP contribution >= 0.6 is 11.3 Å². The second kappa shape index (κ2) is 5.36. The van der Waals surface area contributed by atoms with Crippen LogP contribution in [0.15, 0.2) is 0 Å². The minimum Gasteiger partial charge on any atom is -0.368 e. The number of carbonyl (C=O) groups excluding carboxylic acids is 1. The normalized spacial score (nSPS) is 23.4. The van der Waals surface area contributed by atoms with Crippen LogP contribution in [0.3, 0.4) is 0 Å². The third kappa shape index (κ3) is 2.57. The number of anilines is 1. The highest BCUT2D eigenvalue weighted by molar-refractivity contribution is 7.15. The second-order valence-electron chi connectivity index (χ2n) is 4.94. The van der Waals surface area contributed by atoms with Gasteiger partial charge < -0.3 is 4.74 Å². The molecular weight excluding hydrogens is 248 g/mol. The molecule has 0 unspecified atom stereocenters. The summed E-state index contributed by atoms with van der Waals surface area (Å²) in [5, 5.41) is 3.66. The summed E-state index contributed by atoms with van der Waals surface area (Å²) in [6.07, 6.45) is 7.47. The van der Waals surface area contributed by atoms with Crippen LogP contribution in [0.1, 0.15) is 42.7 Å². The van der Waals surface area contributed by atoms with Gasteiger partial charge in [-0.25, -0.2) is 4.98 Å². The largest absolute Gasteiger partial charge is 0.368 e. The van der Waals surface area contributed by atoms with Crippen molar-refractivity contribution in [3.8, 4) is 0 Å². The summed E-state index contributed by atoms with van der Waals surface area (Å²) >= 11 is 1.64. The number of amides is 1. The maximum Gasteiger partial charge on any atom is 0.255 e. The van der Waals surface area contributed by atoms with Gasteiger partial charge in [-0.2, -0.15) is 0 Å². The van der Waals surface area contributed by atoms with Crippen molar-refractivity contribution in [1.82, 2.24) is 4.98 Å². The Hall–Kier alpha value is -0.940. The molecule has 2 heterocycles. The van der Waals surface area contributed by atoms with Crippen molar-refractivity contribution in [2.45, 2.75) is 51.0 Å². The number of aromatic nitrogens is 1. The topological polar surface area (TPSA) is 51.2 Å². The predicted octanol–water partition coefficient (Wildman–Crippen LogP) is 2.53. The van der Waals surface area contributed by atoms with Crippen molar-refractivity contribution in [3.63, 3.8) is 0 Å². The Balaban J connectivity index is 1.67. The Morgan fingerprint density at radius 2 is 2.17 bits per heavy atom. The zero-order chi connectivity index (χ0) is 12.4. The fraction of sp³-hybridized carbons (Fsp3) is 0.692. The number of fused-ring (bicyclic) bond motifs is 1. The molecule has 1 aliphatic heterocycles. The van der Waals surface area contributed by atoms with Gasteiger partial charge in [-0.15, -0.1) is 11.3 Å². The number of aryl methyl sites for hydroxylation is 2. The first-order valence-electron chi connectivity index (χ1n) is 6.74. The van der Waals surface area contributed by atoms with Crippen LogP contribution in [0, 0.1) is 0 Å². The predicted molar refractivity (Wildman–Crippen MR) is 71.0 cm³/mol. The minimum atomic E-state index is -0.270. The fourth-order valence-corrected chi connectivity index (χ4v) is 3.61. The van der Waals surface area contributed by atoms with Gasteiger partial charge in [-0.3, -0.25) is 10.1 Å². The average molecular weight is 266 g/mol. The number of rotatable bonds is 2. The van der Waals surface area contributed by atoms with Crippen molar-refractivity contribution < 1.29 is 9.53 Å². The molecule has 4 nitrogen and oxygen atoms in total. The number of ether oxygens (including phenoxy) is 1. The maximum atomic E-state index is 11.9. The van der Waals surface area contributed by atoms with Crippen molar-refractivity contribution in [2.24, 2.45) is 0 Å². The lowest BCUT2D eigenvalue weighted by Crippen LogP contribution is -2.26. The quantitative estimate of drug-likeness (QED) is 0.837. The summed E-state index contributed by atoms with van der Waals surface area (Å²) in [6, 6.07) is 0. The Labute approximate surface area is 111 Å². The van der Waals surface area contributed by atoms with Crippen LogP contribution in [0.4, 0.5) is 5.13 Å². The average Bonchev–Trinajstić information content (AvgIpc) is 2.96. The summed E-state index contributed by atoms with van der Waals surface area (Å²) in [7, 11) is 0. The zero-order valence-electron chi connectivity index (χ0n) is 10.4. The van der Waals surface area contributed by atoms with Crippen molar-refractivity contribution in [3.05, 3.63) is 10.6 Å². The minimum absolute atomic E-state index is 0.0311. The van der Waals surface area contributed by atoms with Crippen LogP contribution in [0.25, 0.3) is 0 Å². The third-order valence-corrected chi connectivity index (χ3v) is 4.62. The molecule has 1 aliphatic carbocycles. The smallest absolute Gasteiger partial charge is 0.255 e. The number of nitrogens with one attached hydrogen (secondary N) is 1. The lowest BCUT2D eigenvalue weighted by atomic mass is 10.2. The fourth-order valence-electron chi connectivity index (χ4n) is 2.55. The van der Waals surface area contributed by atoms with E-state index >= 15 is 0 Å². The zero-order valence-corrected chi connectivity index (χ0v) is 11.2. The van der Waals surface area contributed by atoms with Crippen LogP contribution in [0.5, 0.6) is 0 Å². The molecule has 0 bridgehead atoms. The third-order valence-electron chi connectivity index (χ3n) is 3.55. The molecule has 5 heteroatoms. The molecule has 1 aromatic heterocycles. The molecule has 1 aromatic rings. The highest BCUT2D eigenvalue weighted by atomic mass is 32.1. The van der Waals surface area contributed by atoms with E-state index in [2.05, 4.69) is 10.3 Å². The molecule has 3 rings (SSSR count). The summed E-state index contributed by atoms with van der Waals surface area (Å²) in [5.74, 6) is -0.0311. The van der Waals surface area contributed by atoms with E-state index in [4.69, 9.17) is 4.74 Å². The van der Waals surface area contributed by atoms with Crippen molar-refractivity contribution >= 4 is 22.4 Å². The Bertz CT molecular complexity index is 415. The van der Waals surface area contributed by atoms with E-state index in [-0.39, 0.29) is 12.0 Å². The first kappa shape index (κ1) is 12.1. The van der Waals surface area contributed by atoms with E-state index in [1.54, 1.807) is 11.3 Å². The van der Waals surface area contributed by atoms with Gasteiger partial charge >= 0.3 is 0 Å². The molecular formula is C13H18N2O2S. The molecule has 0 aromatic carbocycles. The summed E-state index contributed by atoms with van der Waals surface area (Å²) < 4.78 is 5.37. The lowest BCUT2D eigenvalue weighted by molar-refractivity contribution is -0.124. The molecule has 1 fully saturated rings. The number of carbonyl (C=O) groups is 1. The number of nitrogens with zero attached hydrogens (tertiary/aromatic N) is 1. The first-order valence-corrected chi connectivity index (χ1v) is 7.55. The molecule has 2 aliphatic rings. The van der Waals surface area contributed by atoms with E-state index in [9.17, 15) is 4.79 Å². The van der Waals surface area contributed by atoms with Crippen LogP contribution in [-0.4, -0.2) is 23.6 Å². The molecule has 0 saturated carbocycles. The standard InChI is InChI=1S/C13H18N2O2S/c16-12(10-6-4-8-17-10)15-13-14-9-5-2-1-3-7-11(9)18-13/h10H,1-8H2,(H,14,15,16)/t10-/m0/s1. The molecule has 1 saturated heterocycles. The van der Waals surface area contributed by atoms with Crippen LogP contribution in [-0.2, 0) is 22.4 Å². The van der Waals surface area contributed by atoms with Crippen LogP contribution in [0.2, 0.25) is 0 Å². The number of hydrogen-bond donors (Lipinski definition) is 1. The van der Waals surface area contributed by atoms with Gasteiger partial charge in [0.15, 0.2) is 5.13 Å². The van der Waals surface area contributed by atoms with E-state index in [1.807, 2.05) is 0 Å². The highest BCUT2D eigenvalue weighted by Gasteiger charge is 2.25. The van der Waals surface area contributed by atoms with E-state index < -0.39 is 0 Å². The number of thiazole rings is 1. The summed E-state index contributed by atoms with van der Waals surface area (Å²) in [6.45, 7) is 0.701. The van der Waals surface area contributed by atoms with Gasteiger partial charge in [-0.1, -0.05) is 6.42 Å². The Morgan fingerprint density at radius 1 is 1.28 bits per heavy atom. The molecule has 1 amide bonds. The highest BCUT2D eigenvalue weighted by Crippen LogP contribution is 2.29. The van der Waals surface area contributed by atoms with Gasteiger partial charge in [0.1, 0.15) is 6.10 Å². The van der Waals surface area contributed by atoms with Gasteiger partial charge in [0, 0.05) is 11.5 Å². The van der Waals surface area contributed by atoms with Gasteiger partial charge in [-0.05, 0) is 38.5 Å². The molecule has 0 spiro atoms. The molecule has 18 heavy (non-hydrogen) atoms. The first-order chi connectivity index (χ1) is 8.83. The maximum absolute atomic E-state index is 11.9. The second-order valence-corrected chi connectivity index (χ2v) is 6.02. The van der Waals surface area contributed by atoms with Crippen molar-refractivity contribution in [1.29, 1.82) is 0 Å². The van der Waals surface area contributed by atoms with Gasteiger partial charge in [0.25, 0.3) is 5.91 Å². The van der Waals surface area contributed by atoms with Gasteiger partial charge in [0.2, 0.25) is 0 Å². The Morgan fingerprint density at radius 3 is 3.00 bits per heavy atom. The van der Waals surface area contributed by atoms with E-state index in [0.717, 1.165) is 30.8 Å². The van der Waals surface area contributed by atoms with Crippen LogP contribution < -0.4 is 5.32 Å². The molecule has 98 valence electrons.